The van der Waals surface area contributed by atoms with Gasteiger partial charge in [-0.2, -0.15) is 0 Å². The van der Waals surface area contributed by atoms with Gasteiger partial charge in [-0.3, -0.25) is 9.52 Å². The van der Waals surface area contributed by atoms with Crippen molar-refractivity contribution in [1.29, 1.82) is 0 Å². The summed E-state index contributed by atoms with van der Waals surface area (Å²) in [7, 11) is -3.96. The van der Waals surface area contributed by atoms with Gasteiger partial charge in [0.15, 0.2) is 11.3 Å². The molecule has 0 fully saturated rings. The standard InChI is InChI=1S/C28H35N5O5S/c1-5-8-9-10-11-25-29-19(4)26-28(34)30-27(31-33(25)26)23-18-22(16-17-24(23)38-7-3)39(35,36)32-20-12-14-21(15-13-20)37-6-2/h12-18,32H,5-11H2,1-4H3,(H,30,31,34). The van der Waals surface area contributed by atoms with Crippen LogP contribution >= 0.6 is 0 Å². The summed E-state index contributed by atoms with van der Waals surface area (Å²) in [6, 6.07) is 11.1. The summed E-state index contributed by atoms with van der Waals surface area (Å²) in [5.41, 5.74) is 1.37. The summed E-state index contributed by atoms with van der Waals surface area (Å²) >= 11 is 0. The minimum Gasteiger partial charge on any atom is -0.494 e. The molecule has 0 unspecified atom stereocenters. The lowest BCUT2D eigenvalue weighted by molar-refractivity contribution is 0.340. The zero-order valence-electron chi connectivity index (χ0n) is 22.8. The first-order valence-corrected chi connectivity index (χ1v) is 14.8. The number of anilines is 1. The number of hydrogen-bond acceptors (Lipinski definition) is 7. The molecule has 39 heavy (non-hydrogen) atoms. The highest BCUT2D eigenvalue weighted by Gasteiger charge is 2.21. The van der Waals surface area contributed by atoms with Gasteiger partial charge in [-0.1, -0.05) is 26.2 Å². The Morgan fingerprint density at radius 2 is 1.72 bits per heavy atom. The van der Waals surface area contributed by atoms with Crippen LogP contribution in [0.4, 0.5) is 5.69 Å². The largest absolute Gasteiger partial charge is 0.494 e. The average Bonchev–Trinajstić information content (AvgIpc) is 3.23. The van der Waals surface area contributed by atoms with Gasteiger partial charge in [-0.15, -0.1) is 5.10 Å². The molecule has 0 saturated heterocycles. The molecule has 0 radical (unpaired) electrons. The monoisotopic (exact) mass is 553 g/mol. The summed E-state index contributed by atoms with van der Waals surface area (Å²) in [6.45, 7) is 8.51. The lowest BCUT2D eigenvalue weighted by atomic mass is 10.1. The quantitative estimate of drug-likeness (QED) is 0.220. The molecule has 0 aliphatic rings. The fourth-order valence-electron chi connectivity index (χ4n) is 4.37. The maximum Gasteiger partial charge on any atom is 0.277 e. The summed E-state index contributed by atoms with van der Waals surface area (Å²) in [6.07, 6.45) is 4.94. The van der Waals surface area contributed by atoms with Gasteiger partial charge < -0.3 is 14.5 Å². The molecule has 2 heterocycles. The van der Waals surface area contributed by atoms with Gasteiger partial charge in [0.05, 0.1) is 29.4 Å². The van der Waals surface area contributed by atoms with E-state index in [-0.39, 0.29) is 16.3 Å². The van der Waals surface area contributed by atoms with E-state index in [9.17, 15) is 13.2 Å². The Kier molecular flexibility index (Phi) is 8.90. The molecule has 0 saturated carbocycles. The highest BCUT2D eigenvalue weighted by atomic mass is 32.2. The van der Waals surface area contributed by atoms with Crippen molar-refractivity contribution >= 4 is 21.2 Å². The maximum atomic E-state index is 13.3. The van der Waals surface area contributed by atoms with E-state index >= 15 is 0 Å². The van der Waals surface area contributed by atoms with Crippen LogP contribution in [0.1, 0.15) is 58.0 Å². The van der Waals surface area contributed by atoms with Gasteiger partial charge in [0, 0.05) is 12.1 Å². The third kappa shape index (κ3) is 6.42. The number of fused-ring (bicyclic) bond motifs is 1. The highest BCUT2D eigenvalue weighted by molar-refractivity contribution is 7.92. The average molecular weight is 554 g/mol. The van der Waals surface area contributed by atoms with E-state index in [4.69, 9.17) is 14.6 Å². The van der Waals surface area contributed by atoms with E-state index in [1.807, 2.05) is 13.8 Å². The molecular weight excluding hydrogens is 518 g/mol. The second-order valence-electron chi connectivity index (χ2n) is 9.14. The lowest BCUT2D eigenvalue weighted by Gasteiger charge is -2.14. The molecule has 208 valence electrons. The Morgan fingerprint density at radius 3 is 2.41 bits per heavy atom. The first kappa shape index (κ1) is 28.2. The van der Waals surface area contributed by atoms with Crippen LogP contribution in [0.3, 0.4) is 0 Å². The molecule has 2 aromatic carbocycles. The van der Waals surface area contributed by atoms with Crippen molar-refractivity contribution in [3.05, 3.63) is 64.3 Å². The predicted molar refractivity (Wildman–Crippen MR) is 151 cm³/mol. The summed E-state index contributed by atoms with van der Waals surface area (Å²) in [5.74, 6) is 1.95. The molecule has 0 aliphatic carbocycles. The number of ether oxygens (including phenoxy) is 2. The third-order valence-corrected chi connectivity index (χ3v) is 7.61. The van der Waals surface area contributed by atoms with Crippen molar-refractivity contribution in [1.82, 2.24) is 19.6 Å². The van der Waals surface area contributed by atoms with Gasteiger partial charge in [0.25, 0.3) is 15.6 Å². The molecule has 4 aromatic rings. The van der Waals surface area contributed by atoms with Crippen molar-refractivity contribution in [2.75, 3.05) is 17.9 Å². The molecular formula is C28H35N5O5S. The topological polar surface area (TPSA) is 128 Å². The van der Waals surface area contributed by atoms with E-state index in [0.717, 1.165) is 25.7 Å². The summed E-state index contributed by atoms with van der Waals surface area (Å²) in [5, 5.41) is 4.69. The molecule has 0 bridgehead atoms. The molecule has 2 N–H and O–H groups in total. The van der Waals surface area contributed by atoms with E-state index < -0.39 is 10.0 Å². The van der Waals surface area contributed by atoms with Gasteiger partial charge in [-0.05, 0) is 69.7 Å². The van der Waals surface area contributed by atoms with E-state index in [1.54, 1.807) is 41.8 Å². The predicted octanol–water partition coefficient (Wildman–Crippen LogP) is 5.11. The van der Waals surface area contributed by atoms with Crippen LogP contribution in [-0.2, 0) is 16.4 Å². The number of aryl methyl sites for hydroxylation is 2. The van der Waals surface area contributed by atoms with Crippen molar-refractivity contribution in [2.45, 2.75) is 64.7 Å². The Balaban J connectivity index is 1.74. The lowest BCUT2D eigenvalue weighted by Crippen LogP contribution is -2.17. The van der Waals surface area contributed by atoms with Crippen molar-refractivity contribution < 1.29 is 17.9 Å². The molecule has 0 atom stereocenters. The Labute approximate surface area is 228 Å². The van der Waals surface area contributed by atoms with Crippen molar-refractivity contribution in [2.24, 2.45) is 0 Å². The zero-order chi connectivity index (χ0) is 28.0. The van der Waals surface area contributed by atoms with Crippen LogP contribution in [0.5, 0.6) is 11.5 Å². The first-order valence-electron chi connectivity index (χ1n) is 13.3. The molecule has 10 nitrogen and oxygen atoms in total. The summed E-state index contributed by atoms with van der Waals surface area (Å²) in [4.78, 5) is 20.5. The number of imidazole rings is 1. The number of H-pyrrole nitrogens is 1. The molecule has 0 aliphatic heterocycles. The molecule has 4 rings (SSSR count). The molecule has 2 aromatic heterocycles. The fourth-order valence-corrected chi connectivity index (χ4v) is 5.46. The van der Waals surface area contributed by atoms with Crippen LogP contribution in [0.2, 0.25) is 0 Å². The number of rotatable bonds is 13. The minimum atomic E-state index is -3.96. The highest BCUT2D eigenvalue weighted by Crippen LogP contribution is 2.31. The minimum absolute atomic E-state index is 0.000755. The van der Waals surface area contributed by atoms with E-state index in [0.29, 0.717) is 59.4 Å². The van der Waals surface area contributed by atoms with Crippen LogP contribution in [0, 0.1) is 6.92 Å². The Hall–Kier alpha value is -3.86. The number of aromatic amines is 1. The normalized spacial score (nSPS) is 11.6. The second-order valence-corrected chi connectivity index (χ2v) is 10.8. The molecule has 0 spiro atoms. The number of hydrogen-bond donors (Lipinski definition) is 2. The Bertz CT molecular complexity index is 1590. The van der Waals surface area contributed by atoms with Gasteiger partial charge >= 0.3 is 0 Å². The first-order chi connectivity index (χ1) is 18.8. The van der Waals surface area contributed by atoms with Crippen LogP contribution < -0.4 is 19.8 Å². The van der Waals surface area contributed by atoms with Gasteiger partial charge in [0.2, 0.25) is 0 Å². The number of benzene rings is 2. The van der Waals surface area contributed by atoms with Crippen molar-refractivity contribution in [3.8, 4) is 22.9 Å². The van der Waals surface area contributed by atoms with Gasteiger partial charge in [-0.25, -0.2) is 17.9 Å². The van der Waals surface area contributed by atoms with Gasteiger partial charge in [0.1, 0.15) is 17.3 Å². The summed E-state index contributed by atoms with van der Waals surface area (Å²) < 4.78 is 41.9. The van der Waals surface area contributed by atoms with Crippen molar-refractivity contribution in [3.63, 3.8) is 0 Å². The van der Waals surface area contributed by atoms with Crippen LogP contribution in [0.25, 0.3) is 16.9 Å². The SMILES string of the molecule is CCCCCCc1nc(C)c2c(=O)[nH]c(-c3cc(S(=O)(=O)Nc4ccc(OCC)cc4)ccc3OCC)nn12. The van der Waals surface area contributed by atoms with Crippen LogP contribution in [0.15, 0.2) is 52.2 Å². The number of aromatic nitrogens is 4. The van der Waals surface area contributed by atoms with E-state index in [2.05, 4.69) is 21.6 Å². The number of nitrogens with one attached hydrogen (secondary N) is 2. The van der Waals surface area contributed by atoms with Crippen LogP contribution in [-0.4, -0.2) is 41.2 Å². The molecule has 11 heteroatoms. The second kappa shape index (κ2) is 12.3. The fraction of sp³-hybridized carbons (Fsp3) is 0.393. The smallest absolute Gasteiger partial charge is 0.277 e. The molecule has 0 amide bonds. The zero-order valence-corrected chi connectivity index (χ0v) is 23.6. The number of sulfonamides is 1. The van der Waals surface area contributed by atoms with E-state index in [1.165, 1.54) is 12.1 Å². The Morgan fingerprint density at radius 1 is 0.974 bits per heavy atom. The maximum absolute atomic E-state index is 13.3. The third-order valence-electron chi connectivity index (χ3n) is 6.23. The number of nitrogens with zero attached hydrogens (tertiary/aromatic N) is 3. The number of unbranched alkanes of at least 4 members (excludes halogenated alkanes) is 3.